The van der Waals surface area contributed by atoms with E-state index < -0.39 is 0 Å². The van der Waals surface area contributed by atoms with E-state index in [0.717, 1.165) is 47.8 Å². The predicted molar refractivity (Wildman–Crippen MR) is 98.7 cm³/mol. The van der Waals surface area contributed by atoms with Crippen LogP contribution in [-0.2, 0) is 0 Å². The molecule has 2 aromatic heterocycles. The maximum atomic E-state index is 5.60. The third-order valence-corrected chi connectivity index (χ3v) is 7.26. The van der Waals surface area contributed by atoms with Crippen molar-refractivity contribution in [3.05, 3.63) is 24.6 Å². The molecule has 25 heavy (non-hydrogen) atoms. The van der Waals surface area contributed by atoms with Gasteiger partial charge in [0.05, 0.1) is 11.6 Å². The molecule has 6 rings (SSSR count). The molecule has 1 aliphatic carbocycles. The lowest BCUT2D eigenvalue weighted by atomic mass is 9.74. The van der Waals surface area contributed by atoms with Gasteiger partial charge in [-0.15, -0.1) is 0 Å². The van der Waals surface area contributed by atoms with E-state index in [1.807, 2.05) is 12.3 Å². The first kappa shape index (κ1) is 14.6. The van der Waals surface area contributed by atoms with Gasteiger partial charge in [0, 0.05) is 37.9 Å². The summed E-state index contributed by atoms with van der Waals surface area (Å²) in [5, 5.41) is 1.18. The Morgan fingerprint density at radius 2 is 1.84 bits per heavy atom. The molecule has 4 heteroatoms. The van der Waals surface area contributed by atoms with Crippen LogP contribution in [0.2, 0.25) is 0 Å². The van der Waals surface area contributed by atoms with Gasteiger partial charge in [0.1, 0.15) is 11.4 Å². The Bertz CT molecular complexity index is 782. The summed E-state index contributed by atoms with van der Waals surface area (Å²) >= 11 is 0. The zero-order valence-corrected chi connectivity index (χ0v) is 14.8. The maximum absolute atomic E-state index is 5.60. The van der Waals surface area contributed by atoms with Crippen LogP contribution in [0.3, 0.4) is 0 Å². The fraction of sp³-hybridized carbons (Fsp3) is 0.667. The summed E-state index contributed by atoms with van der Waals surface area (Å²) in [7, 11) is 0. The summed E-state index contributed by atoms with van der Waals surface area (Å²) in [5.74, 6) is 3.79. The van der Waals surface area contributed by atoms with E-state index in [1.54, 1.807) is 6.26 Å². The zero-order chi connectivity index (χ0) is 16.4. The molecule has 5 heterocycles. The molecule has 0 N–H and O–H groups in total. The SMILES string of the molecule is c1cc2occc2c(N2C[C@@H]3C[C@H](C2)[C@@H]2CCC[C@H](C4CC4)N2C3)n1. The lowest BCUT2D eigenvalue weighted by Gasteiger charge is -2.55. The lowest BCUT2D eigenvalue weighted by molar-refractivity contribution is -0.0259. The number of anilines is 1. The summed E-state index contributed by atoms with van der Waals surface area (Å²) in [6.45, 7) is 3.65. The number of piperidine rings is 3. The average molecular weight is 337 g/mol. The fourth-order valence-corrected chi connectivity index (χ4v) is 6.14. The van der Waals surface area contributed by atoms with Crippen molar-refractivity contribution in [1.29, 1.82) is 0 Å². The van der Waals surface area contributed by atoms with Crippen molar-refractivity contribution in [2.75, 3.05) is 24.5 Å². The second-order valence-electron chi connectivity index (χ2n) is 8.83. The average Bonchev–Trinajstić information content (AvgIpc) is 3.37. The van der Waals surface area contributed by atoms with Crippen LogP contribution in [0.5, 0.6) is 0 Å². The van der Waals surface area contributed by atoms with Gasteiger partial charge < -0.3 is 9.32 Å². The zero-order valence-electron chi connectivity index (χ0n) is 14.8. The van der Waals surface area contributed by atoms with Gasteiger partial charge in [-0.3, -0.25) is 4.90 Å². The van der Waals surface area contributed by atoms with Gasteiger partial charge >= 0.3 is 0 Å². The fourth-order valence-electron chi connectivity index (χ4n) is 6.14. The molecule has 2 aromatic rings. The van der Waals surface area contributed by atoms with Gasteiger partial charge in [-0.2, -0.15) is 0 Å². The van der Waals surface area contributed by atoms with Crippen LogP contribution >= 0.6 is 0 Å². The van der Waals surface area contributed by atoms with Crippen LogP contribution in [-0.4, -0.2) is 41.6 Å². The van der Waals surface area contributed by atoms with Crippen molar-refractivity contribution in [3.63, 3.8) is 0 Å². The van der Waals surface area contributed by atoms with E-state index in [9.17, 15) is 0 Å². The van der Waals surface area contributed by atoms with E-state index in [1.165, 1.54) is 57.0 Å². The van der Waals surface area contributed by atoms with Crippen molar-refractivity contribution in [2.24, 2.45) is 17.8 Å². The van der Waals surface area contributed by atoms with Gasteiger partial charge in [-0.25, -0.2) is 4.98 Å². The van der Waals surface area contributed by atoms with Crippen molar-refractivity contribution in [1.82, 2.24) is 9.88 Å². The van der Waals surface area contributed by atoms with Crippen LogP contribution in [0, 0.1) is 17.8 Å². The molecule has 0 radical (unpaired) electrons. The molecule has 4 atom stereocenters. The van der Waals surface area contributed by atoms with Gasteiger partial charge in [0.2, 0.25) is 0 Å². The maximum Gasteiger partial charge on any atom is 0.139 e. The number of aromatic nitrogens is 1. The molecule has 4 aliphatic rings. The second kappa shape index (κ2) is 5.47. The minimum Gasteiger partial charge on any atom is -0.464 e. The molecule has 132 valence electrons. The standard InChI is InChI=1S/C21H27N3O/c1-2-18(15-4-5-15)24-12-14-10-16(19(24)3-1)13-23(11-14)21-17-7-9-25-20(17)6-8-22-21/h6-9,14-16,18-19H,1-5,10-13H2/t14-,16+,18+,19-/m0/s1. The Morgan fingerprint density at radius 3 is 2.72 bits per heavy atom. The topological polar surface area (TPSA) is 32.5 Å². The lowest BCUT2D eigenvalue weighted by Crippen LogP contribution is -2.62. The third kappa shape index (κ3) is 2.33. The molecule has 0 spiro atoms. The Balaban J connectivity index is 1.30. The first-order chi connectivity index (χ1) is 12.4. The molecule has 3 saturated heterocycles. The number of furan rings is 1. The monoisotopic (exact) mass is 337 g/mol. The van der Waals surface area contributed by atoms with Crippen LogP contribution in [0.4, 0.5) is 5.82 Å². The van der Waals surface area contributed by atoms with E-state index in [-0.39, 0.29) is 0 Å². The first-order valence-electron chi connectivity index (χ1n) is 10.2. The Labute approximate surface area is 149 Å². The van der Waals surface area contributed by atoms with Gasteiger partial charge in [0.15, 0.2) is 0 Å². The largest absolute Gasteiger partial charge is 0.464 e. The molecule has 4 nitrogen and oxygen atoms in total. The summed E-state index contributed by atoms with van der Waals surface area (Å²) in [4.78, 5) is 10.3. The molecular weight excluding hydrogens is 310 g/mol. The van der Waals surface area contributed by atoms with Crippen LogP contribution in [0.1, 0.15) is 38.5 Å². The van der Waals surface area contributed by atoms with E-state index in [2.05, 4.69) is 15.9 Å². The van der Waals surface area contributed by atoms with E-state index in [4.69, 9.17) is 9.40 Å². The summed E-state index contributed by atoms with van der Waals surface area (Å²) in [6.07, 6.45) is 12.4. The number of hydrogen-bond donors (Lipinski definition) is 0. The van der Waals surface area contributed by atoms with Crippen molar-refractivity contribution in [2.45, 2.75) is 50.6 Å². The number of fused-ring (bicyclic) bond motifs is 5. The minimum atomic E-state index is 0.804. The normalized spacial score (nSPS) is 35.8. The molecule has 0 unspecified atom stereocenters. The second-order valence-corrected chi connectivity index (χ2v) is 8.83. The first-order valence-corrected chi connectivity index (χ1v) is 10.2. The van der Waals surface area contributed by atoms with Crippen molar-refractivity contribution < 1.29 is 4.42 Å². The summed E-state index contributed by atoms with van der Waals surface area (Å²) in [6, 6.07) is 5.79. The molecular formula is C21H27N3O. The highest BCUT2D eigenvalue weighted by Gasteiger charge is 2.48. The number of pyridine rings is 1. The van der Waals surface area contributed by atoms with Gasteiger partial charge in [0.25, 0.3) is 0 Å². The third-order valence-electron chi connectivity index (χ3n) is 7.26. The van der Waals surface area contributed by atoms with Crippen LogP contribution in [0.25, 0.3) is 11.0 Å². The Hall–Kier alpha value is -1.55. The smallest absolute Gasteiger partial charge is 0.139 e. The van der Waals surface area contributed by atoms with Crippen LogP contribution < -0.4 is 4.90 Å². The number of rotatable bonds is 2. The number of hydrogen-bond acceptors (Lipinski definition) is 4. The molecule has 2 bridgehead atoms. The highest BCUT2D eigenvalue weighted by molar-refractivity contribution is 5.88. The summed E-state index contributed by atoms with van der Waals surface area (Å²) in [5.41, 5.74) is 0.967. The highest BCUT2D eigenvalue weighted by atomic mass is 16.3. The Morgan fingerprint density at radius 1 is 0.960 bits per heavy atom. The highest BCUT2D eigenvalue weighted by Crippen LogP contribution is 2.47. The van der Waals surface area contributed by atoms with E-state index >= 15 is 0 Å². The summed E-state index contributed by atoms with van der Waals surface area (Å²) < 4.78 is 5.60. The van der Waals surface area contributed by atoms with Gasteiger partial charge in [-0.1, -0.05) is 6.42 Å². The molecule has 1 saturated carbocycles. The Kier molecular flexibility index (Phi) is 3.20. The van der Waals surface area contributed by atoms with Crippen LogP contribution in [0.15, 0.2) is 29.0 Å². The quantitative estimate of drug-likeness (QED) is 0.831. The molecule has 0 aromatic carbocycles. The predicted octanol–water partition coefficient (Wildman–Crippen LogP) is 3.92. The van der Waals surface area contributed by atoms with Crippen molar-refractivity contribution in [3.8, 4) is 0 Å². The van der Waals surface area contributed by atoms with Crippen molar-refractivity contribution >= 4 is 16.8 Å². The molecule has 4 fully saturated rings. The van der Waals surface area contributed by atoms with Gasteiger partial charge in [-0.05, 0) is 62.0 Å². The minimum absolute atomic E-state index is 0.804. The molecule has 0 amide bonds. The van der Waals surface area contributed by atoms with E-state index in [0.29, 0.717) is 0 Å². The molecule has 3 aliphatic heterocycles. The number of nitrogens with zero attached hydrogens (tertiary/aromatic N) is 3.